The predicted molar refractivity (Wildman–Crippen MR) is 108 cm³/mol. The Kier molecular flexibility index (Phi) is 4.24. The highest BCUT2D eigenvalue weighted by atomic mass is 16.2. The first-order valence-electron chi connectivity index (χ1n) is 9.91. The Balaban J connectivity index is 1.30. The molecule has 0 radical (unpaired) electrons. The van der Waals surface area contributed by atoms with Crippen molar-refractivity contribution in [3.8, 4) is 0 Å². The molecule has 0 bridgehead atoms. The van der Waals surface area contributed by atoms with E-state index in [4.69, 9.17) is 0 Å². The number of carbonyl (C=O) groups excluding carboxylic acids is 2. The Morgan fingerprint density at radius 3 is 2.64 bits per heavy atom. The highest BCUT2D eigenvalue weighted by molar-refractivity contribution is 6.05. The number of nitrogens with one attached hydrogen (secondary N) is 1. The number of para-hydroxylation sites is 1. The van der Waals surface area contributed by atoms with Gasteiger partial charge < -0.3 is 4.98 Å². The van der Waals surface area contributed by atoms with Gasteiger partial charge in [-0.2, -0.15) is 0 Å². The van der Waals surface area contributed by atoms with E-state index in [0.29, 0.717) is 25.9 Å². The fourth-order valence-electron chi connectivity index (χ4n) is 4.55. The first-order chi connectivity index (χ1) is 13.7. The van der Waals surface area contributed by atoms with E-state index in [9.17, 15) is 9.59 Å². The second-order valence-corrected chi connectivity index (χ2v) is 7.69. The van der Waals surface area contributed by atoms with E-state index in [1.807, 2.05) is 36.4 Å². The summed E-state index contributed by atoms with van der Waals surface area (Å²) in [6.45, 7) is 1.97. The molecule has 2 aliphatic rings. The van der Waals surface area contributed by atoms with Crippen LogP contribution in [0.15, 0.2) is 54.6 Å². The summed E-state index contributed by atoms with van der Waals surface area (Å²) in [6, 6.07) is 18.0. The fourth-order valence-corrected chi connectivity index (χ4v) is 4.55. The van der Waals surface area contributed by atoms with Crippen LogP contribution in [0.5, 0.6) is 0 Å². The van der Waals surface area contributed by atoms with Crippen LogP contribution in [-0.2, 0) is 29.0 Å². The molecule has 5 heteroatoms. The number of benzene rings is 2. The van der Waals surface area contributed by atoms with Gasteiger partial charge in [-0.3, -0.25) is 19.4 Å². The lowest BCUT2D eigenvalue weighted by molar-refractivity contribution is -0.139. The third-order valence-corrected chi connectivity index (χ3v) is 6.04. The molecule has 1 fully saturated rings. The van der Waals surface area contributed by atoms with Crippen LogP contribution in [0.4, 0.5) is 0 Å². The van der Waals surface area contributed by atoms with Crippen molar-refractivity contribution in [2.24, 2.45) is 0 Å². The van der Waals surface area contributed by atoms with Crippen LogP contribution in [0, 0.1) is 0 Å². The van der Waals surface area contributed by atoms with Gasteiger partial charge in [0.2, 0.25) is 11.8 Å². The van der Waals surface area contributed by atoms with Crippen molar-refractivity contribution in [1.82, 2.24) is 14.8 Å². The molecule has 1 N–H and O–H groups in total. The Bertz CT molecular complexity index is 1040. The first kappa shape index (κ1) is 17.2. The number of imide groups is 1. The summed E-state index contributed by atoms with van der Waals surface area (Å²) in [5.74, 6) is -0.0890. The Morgan fingerprint density at radius 1 is 1.00 bits per heavy atom. The van der Waals surface area contributed by atoms with E-state index in [-0.39, 0.29) is 17.9 Å². The number of aromatic nitrogens is 1. The molecule has 0 saturated carbocycles. The predicted octanol–water partition coefficient (Wildman–Crippen LogP) is 2.90. The van der Waals surface area contributed by atoms with Crippen molar-refractivity contribution >= 4 is 22.7 Å². The maximum absolute atomic E-state index is 13.0. The molecular weight excluding hydrogens is 350 g/mol. The van der Waals surface area contributed by atoms with Gasteiger partial charge in [0.1, 0.15) is 0 Å². The van der Waals surface area contributed by atoms with Gasteiger partial charge in [-0.1, -0.05) is 48.5 Å². The van der Waals surface area contributed by atoms with E-state index in [1.54, 1.807) is 0 Å². The van der Waals surface area contributed by atoms with E-state index < -0.39 is 0 Å². The van der Waals surface area contributed by atoms with Gasteiger partial charge in [0.25, 0.3) is 0 Å². The maximum Gasteiger partial charge on any atom is 0.247 e. The zero-order valence-electron chi connectivity index (χ0n) is 15.7. The molecule has 28 heavy (non-hydrogen) atoms. The molecular formula is C23H23N3O2. The van der Waals surface area contributed by atoms with Gasteiger partial charge in [-0.05, 0) is 30.0 Å². The number of rotatable bonds is 4. The normalized spacial score (nSPS) is 20.1. The van der Waals surface area contributed by atoms with Crippen molar-refractivity contribution < 1.29 is 9.59 Å². The zero-order valence-corrected chi connectivity index (χ0v) is 15.7. The summed E-state index contributed by atoms with van der Waals surface area (Å²) in [4.78, 5) is 32.6. The van der Waals surface area contributed by atoms with Gasteiger partial charge >= 0.3 is 0 Å². The molecule has 1 unspecified atom stereocenters. The molecule has 2 aliphatic heterocycles. The van der Waals surface area contributed by atoms with Crippen molar-refractivity contribution in [2.45, 2.75) is 31.8 Å². The number of H-pyrrole nitrogens is 1. The quantitative estimate of drug-likeness (QED) is 0.716. The van der Waals surface area contributed by atoms with Gasteiger partial charge in [-0.15, -0.1) is 0 Å². The minimum atomic E-state index is -0.331. The largest absolute Gasteiger partial charge is 0.357 e. The average Bonchev–Trinajstić information content (AvgIpc) is 3.23. The smallest absolute Gasteiger partial charge is 0.247 e. The fraction of sp³-hybridized carbons (Fsp3) is 0.304. The van der Waals surface area contributed by atoms with Crippen molar-refractivity contribution in [1.29, 1.82) is 0 Å². The van der Waals surface area contributed by atoms with Gasteiger partial charge in [0.15, 0.2) is 0 Å². The van der Waals surface area contributed by atoms with Crippen LogP contribution in [-0.4, -0.2) is 45.7 Å². The highest BCUT2D eigenvalue weighted by Crippen LogP contribution is 2.30. The summed E-state index contributed by atoms with van der Waals surface area (Å²) in [6.07, 6.45) is 1.90. The molecule has 2 amide bonds. The summed E-state index contributed by atoms with van der Waals surface area (Å²) < 4.78 is 0. The third-order valence-electron chi connectivity index (χ3n) is 6.04. The number of nitrogens with zero attached hydrogens (tertiary/aromatic N) is 2. The molecule has 1 saturated heterocycles. The summed E-state index contributed by atoms with van der Waals surface area (Å²) in [7, 11) is 0. The van der Waals surface area contributed by atoms with Crippen molar-refractivity contribution in [3.05, 3.63) is 71.4 Å². The van der Waals surface area contributed by atoms with Crippen LogP contribution in [0.2, 0.25) is 0 Å². The minimum Gasteiger partial charge on any atom is -0.357 e. The SMILES string of the molecule is O=C1CC(N2CCc3c([nH]c4ccccc34)C2)C(=O)N1CCc1ccccc1. The number of amides is 2. The van der Waals surface area contributed by atoms with Crippen LogP contribution in [0.25, 0.3) is 10.9 Å². The molecule has 1 aromatic heterocycles. The van der Waals surface area contributed by atoms with Crippen LogP contribution in [0.3, 0.4) is 0 Å². The Hall–Kier alpha value is -2.92. The molecule has 5 rings (SSSR count). The summed E-state index contributed by atoms with van der Waals surface area (Å²) in [5, 5.41) is 1.27. The lowest BCUT2D eigenvalue weighted by atomic mass is 10.0. The van der Waals surface area contributed by atoms with Crippen LogP contribution >= 0.6 is 0 Å². The van der Waals surface area contributed by atoms with Crippen LogP contribution in [0.1, 0.15) is 23.2 Å². The van der Waals surface area contributed by atoms with Gasteiger partial charge in [0.05, 0.1) is 12.5 Å². The summed E-state index contributed by atoms with van der Waals surface area (Å²) >= 11 is 0. The second-order valence-electron chi connectivity index (χ2n) is 7.69. The molecule has 3 heterocycles. The number of hydrogen-bond donors (Lipinski definition) is 1. The number of likely N-dealkylation sites (tertiary alicyclic amines) is 1. The van der Waals surface area contributed by atoms with Crippen LogP contribution < -0.4 is 0 Å². The van der Waals surface area contributed by atoms with Crippen molar-refractivity contribution in [3.63, 3.8) is 0 Å². The third kappa shape index (κ3) is 2.92. The molecule has 0 aliphatic carbocycles. The van der Waals surface area contributed by atoms with E-state index >= 15 is 0 Å². The molecule has 3 aromatic rings. The van der Waals surface area contributed by atoms with Crippen molar-refractivity contribution in [2.75, 3.05) is 13.1 Å². The molecule has 1 atom stereocenters. The molecule has 0 spiro atoms. The van der Waals surface area contributed by atoms with Gasteiger partial charge in [-0.25, -0.2) is 0 Å². The van der Waals surface area contributed by atoms with Gasteiger partial charge in [0, 0.05) is 36.2 Å². The first-order valence-corrected chi connectivity index (χ1v) is 9.91. The topological polar surface area (TPSA) is 56.4 Å². The molecule has 142 valence electrons. The van der Waals surface area contributed by atoms with E-state index in [0.717, 1.165) is 24.0 Å². The number of fused-ring (bicyclic) bond motifs is 3. The Labute approximate surface area is 163 Å². The maximum atomic E-state index is 13.0. The molecule has 5 nitrogen and oxygen atoms in total. The number of carbonyl (C=O) groups is 2. The standard InChI is InChI=1S/C23H23N3O2/c27-22-14-21(23(28)26(22)13-10-16-6-2-1-3-7-16)25-12-11-18-17-8-4-5-9-19(17)24-20(18)15-25/h1-9,21,24H,10-15H2. The number of aromatic amines is 1. The second kappa shape index (κ2) is 6.91. The number of hydrogen-bond acceptors (Lipinski definition) is 3. The minimum absolute atomic E-state index is 0.0412. The van der Waals surface area contributed by atoms with E-state index in [2.05, 4.69) is 28.1 Å². The monoisotopic (exact) mass is 373 g/mol. The zero-order chi connectivity index (χ0) is 19.1. The molecule has 2 aromatic carbocycles. The van der Waals surface area contributed by atoms with E-state index in [1.165, 1.54) is 21.5 Å². The lowest BCUT2D eigenvalue weighted by Gasteiger charge is -2.30. The average molecular weight is 373 g/mol. The highest BCUT2D eigenvalue weighted by Gasteiger charge is 2.42. The lowest BCUT2D eigenvalue weighted by Crippen LogP contribution is -2.44. The summed E-state index contributed by atoms with van der Waals surface area (Å²) in [5.41, 5.74) is 4.82. The Morgan fingerprint density at radius 2 is 1.79 bits per heavy atom.